The molecule has 0 saturated heterocycles. The fraction of sp³-hybridized carbons (Fsp3) is 0. The minimum absolute atomic E-state index is 0.0513. The summed E-state index contributed by atoms with van der Waals surface area (Å²) in [7, 11) is -3.71. The van der Waals surface area contributed by atoms with Crippen LogP contribution in [0.3, 0.4) is 0 Å². The second-order valence-electron chi connectivity index (χ2n) is 3.64. The van der Waals surface area contributed by atoms with E-state index in [-0.39, 0.29) is 10.7 Å². The molecule has 100 valence electrons. The number of nitrogens with zero attached hydrogens (tertiary/aromatic N) is 1. The maximum absolute atomic E-state index is 12.1. The number of hydrogen-bond acceptors (Lipinski definition) is 5. The third-order valence-corrected chi connectivity index (χ3v) is 3.88. The normalized spacial score (nSPS) is 11.1. The minimum atomic E-state index is -3.71. The van der Waals surface area contributed by atoms with Gasteiger partial charge in [-0.15, -0.1) is 0 Å². The molecular formula is C11H11ClN4O2S. The van der Waals surface area contributed by atoms with Gasteiger partial charge < -0.3 is 5.43 Å². The Hall–Kier alpha value is -1.83. The van der Waals surface area contributed by atoms with Gasteiger partial charge in [0.25, 0.3) is 10.0 Å². The Bertz CT molecular complexity index is 691. The molecule has 19 heavy (non-hydrogen) atoms. The van der Waals surface area contributed by atoms with Gasteiger partial charge in [-0.1, -0.05) is 17.7 Å². The van der Waals surface area contributed by atoms with Crippen LogP contribution < -0.4 is 16.0 Å². The molecule has 0 saturated carbocycles. The van der Waals surface area contributed by atoms with Crippen molar-refractivity contribution in [2.45, 2.75) is 4.90 Å². The second-order valence-corrected chi connectivity index (χ2v) is 5.76. The predicted molar refractivity (Wildman–Crippen MR) is 74.3 cm³/mol. The molecule has 1 aromatic heterocycles. The number of benzene rings is 1. The lowest BCUT2D eigenvalue weighted by Crippen LogP contribution is -2.14. The van der Waals surface area contributed by atoms with E-state index >= 15 is 0 Å². The standard InChI is InChI=1S/C11H11ClN4O2S/c12-8-2-1-3-9(6-8)16-19(17,18)10-4-5-14-11(7-10)15-13/h1-7,16H,13H2,(H,14,15). The third-order valence-electron chi connectivity index (χ3n) is 2.27. The Morgan fingerprint density at radius 2 is 2.00 bits per heavy atom. The average molecular weight is 299 g/mol. The van der Waals surface area contributed by atoms with Crippen LogP contribution in [0.15, 0.2) is 47.5 Å². The van der Waals surface area contributed by atoms with Gasteiger partial charge in [0.15, 0.2) is 0 Å². The Morgan fingerprint density at radius 3 is 2.68 bits per heavy atom. The number of nitrogen functional groups attached to an aromatic ring is 1. The van der Waals surface area contributed by atoms with Crippen molar-refractivity contribution in [1.82, 2.24) is 4.98 Å². The van der Waals surface area contributed by atoms with Gasteiger partial charge in [-0.25, -0.2) is 19.2 Å². The number of hydrogen-bond donors (Lipinski definition) is 3. The third kappa shape index (κ3) is 3.34. The summed E-state index contributed by atoms with van der Waals surface area (Å²) in [4.78, 5) is 3.89. The minimum Gasteiger partial charge on any atom is -0.308 e. The number of hydrazine groups is 1. The van der Waals surface area contributed by atoms with E-state index in [1.165, 1.54) is 24.4 Å². The Labute approximate surface area is 115 Å². The maximum atomic E-state index is 12.1. The van der Waals surface area contributed by atoms with Crippen LogP contribution in [0.2, 0.25) is 5.02 Å². The number of aromatic nitrogens is 1. The zero-order chi connectivity index (χ0) is 13.9. The van der Waals surface area contributed by atoms with Crippen LogP contribution in [-0.2, 0) is 10.0 Å². The lowest BCUT2D eigenvalue weighted by Gasteiger charge is -2.09. The SMILES string of the molecule is NNc1cc(S(=O)(=O)Nc2cccc(Cl)c2)ccn1. The molecule has 0 aliphatic rings. The summed E-state index contributed by atoms with van der Waals surface area (Å²) >= 11 is 5.80. The van der Waals surface area contributed by atoms with Crippen molar-refractivity contribution in [2.24, 2.45) is 5.84 Å². The molecule has 0 spiro atoms. The molecule has 6 nitrogen and oxygen atoms in total. The summed E-state index contributed by atoms with van der Waals surface area (Å²) in [6.07, 6.45) is 1.35. The smallest absolute Gasteiger partial charge is 0.262 e. The fourth-order valence-electron chi connectivity index (χ4n) is 1.42. The van der Waals surface area contributed by atoms with Crippen molar-refractivity contribution >= 4 is 33.1 Å². The maximum Gasteiger partial charge on any atom is 0.262 e. The molecule has 0 aliphatic heterocycles. The van der Waals surface area contributed by atoms with Crippen molar-refractivity contribution in [3.05, 3.63) is 47.6 Å². The molecule has 0 unspecified atom stereocenters. The molecule has 2 rings (SSSR count). The van der Waals surface area contributed by atoms with Crippen molar-refractivity contribution in [3.8, 4) is 0 Å². The van der Waals surface area contributed by atoms with Gasteiger partial charge in [-0.05, 0) is 24.3 Å². The summed E-state index contributed by atoms with van der Waals surface area (Å²) in [5.74, 6) is 5.45. The van der Waals surface area contributed by atoms with Crippen molar-refractivity contribution in [1.29, 1.82) is 0 Å². The van der Waals surface area contributed by atoms with Crippen molar-refractivity contribution in [3.63, 3.8) is 0 Å². The van der Waals surface area contributed by atoms with E-state index in [9.17, 15) is 8.42 Å². The number of rotatable bonds is 4. The Balaban J connectivity index is 2.32. The van der Waals surface area contributed by atoms with Crippen molar-refractivity contribution in [2.75, 3.05) is 10.1 Å². The molecule has 0 fully saturated rings. The highest BCUT2D eigenvalue weighted by atomic mass is 35.5. The van der Waals surface area contributed by atoms with Gasteiger partial charge in [-0.3, -0.25) is 4.72 Å². The quantitative estimate of drug-likeness (QED) is 0.591. The van der Waals surface area contributed by atoms with E-state index in [1.807, 2.05) is 0 Å². The van der Waals surface area contributed by atoms with E-state index in [4.69, 9.17) is 17.4 Å². The summed E-state index contributed by atoms with van der Waals surface area (Å²) in [5.41, 5.74) is 2.67. The van der Waals surface area contributed by atoms with Crippen LogP contribution in [0.25, 0.3) is 0 Å². The first kappa shape index (κ1) is 13.6. The summed E-state index contributed by atoms with van der Waals surface area (Å²) in [5, 5.41) is 0.444. The predicted octanol–water partition coefficient (Wildman–Crippen LogP) is 1.82. The molecule has 4 N–H and O–H groups in total. The van der Waals surface area contributed by atoms with E-state index in [2.05, 4.69) is 15.1 Å². The zero-order valence-corrected chi connectivity index (χ0v) is 11.2. The first-order chi connectivity index (χ1) is 9.01. The lowest BCUT2D eigenvalue weighted by atomic mass is 10.3. The highest BCUT2D eigenvalue weighted by Crippen LogP contribution is 2.20. The van der Waals surface area contributed by atoms with Crippen LogP contribution >= 0.6 is 11.6 Å². The van der Waals surface area contributed by atoms with Crippen molar-refractivity contribution < 1.29 is 8.42 Å². The molecule has 0 bridgehead atoms. The van der Waals surface area contributed by atoms with E-state index in [0.29, 0.717) is 10.7 Å². The molecule has 1 heterocycles. The van der Waals surface area contributed by atoms with Gasteiger partial charge >= 0.3 is 0 Å². The highest BCUT2D eigenvalue weighted by molar-refractivity contribution is 7.92. The topological polar surface area (TPSA) is 97.1 Å². The van der Waals surface area contributed by atoms with E-state index in [0.717, 1.165) is 0 Å². The molecule has 8 heteroatoms. The van der Waals surface area contributed by atoms with Gasteiger partial charge in [0.05, 0.1) is 10.6 Å². The zero-order valence-electron chi connectivity index (χ0n) is 9.67. The number of halogens is 1. The molecule has 2 aromatic rings. The molecule has 1 aromatic carbocycles. The summed E-state index contributed by atoms with van der Waals surface area (Å²) in [6.45, 7) is 0. The number of pyridine rings is 1. The van der Waals surface area contributed by atoms with E-state index in [1.54, 1.807) is 18.2 Å². The van der Waals surface area contributed by atoms with Crippen LogP contribution in [0.1, 0.15) is 0 Å². The summed E-state index contributed by atoms with van der Waals surface area (Å²) < 4.78 is 26.7. The number of nitrogens with one attached hydrogen (secondary N) is 2. The molecule has 0 radical (unpaired) electrons. The molecule has 0 atom stereocenters. The van der Waals surface area contributed by atoms with Crippen LogP contribution in [0.5, 0.6) is 0 Å². The highest BCUT2D eigenvalue weighted by Gasteiger charge is 2.15. The number of sulfonamides is 1. The molecule has 0 amide bonds. The average Bonchev–Trinajstić information content (AvgIpc) is 2.38. The Morgan fingerprint density at radius 1 is 1.21 bits per heavy atom. The lowest BCUT2D eigenvalue weighted by molar-refractivity contribution is 0.601. The monoisotopic (exact) mass is 298 g/mol. The molecule has 0 aliphatic carbocycles. The van der Waals surface area contributed by atoms with Gasteiger partial charge in [0, 0.05) is 17.3 Å². The fourth-order valence-corrected chi connectivity index (χ4v) is 2.68. The number of anilines is 2. The second kappa shape index (κ2) is 5.43. The van der Waals surface area contributed by atoms with E-state index < -0.39 is 10.0 Å². The van der Waals surface area contributed by atoms with Crippen LogP contribution in [-0.4, -0.2) is 13.4 Å². The van der Waals surface area contributed by atoms with Crippen LogP contribution in [0, 0.1) is 0 Å². The number of nitrogens with two attached hydrogens (primary N) is 1. The van der Waals surface area contributed by atoms with Gasteiger partial charge in [0.2, 0.25) is 0 Å². The first-order valence-corrected chi connectivity index (χ1v) is 7.08. The molecular weight excluding hydrogens is 288 g/mol. The van der Waals surface area contributed by atoms with Crippen LogP contribution in [0.4, 0.5) is 11.5 Å². The van der Waals surface area contributed by atoms with Gasteiger partial charge in [-0.2, -0.15) is 0 Å². The Kier molecular flexibility index (Phi) is 3.89. The summed E-state index contributed by atoms with van der Waals surface area (Å²) in [6, 6.07) is 9.12. The largest absolute Gasteiger partial charge is 0.308 e. The van der Waals surface area contributed by atoms with Gasteiger partial charge in [0.1, 0.15) is 5.82 Å². The first-order valence-electron chi connectivity index (χ1n) is 5.22.